The van der Waals surface area contributed by atoms with Crippen molar-refractivity contribution in [2.75, 3.05) is 25.0 Å². The van der Waals surface area contributed by atoms with Crippen molar-refractivity contribution in [3.05, 3.63) is 53.4 Å². The molecule has 0 spiro atoms. The molecule has 1 aliphatic carbocycles. The summed E-state index contributed by atoms with van der Waals surface area (Å²) in [5, 5.41) is 5.75. The minimum Gasteiger partial charge on any atom is -0.371 e. The number of hydrogen-bond donors (Lipinski definition) is 2. The molecule has 2 N–H and O–H groups in total. The van der Waals surface area contributed by atoms with E-state index < -0.39 is 11.7 Å². The fraction of sp³-hybridized carbons (Fsp3) is 0.389. The molecule has 2 aliphatic rings. The molecule has 1 atom stereocenters. The summed E-state index contributed by atoms with van der Waals surface area (Å²) in [6.07, 6.45) is 5.14. The van der Waals surface area contributed by atoms with E-state index in [0.717, 1.165) is 30.6 Å². The van der Waals surface area contributed by atoms with E-state index in [9.17, 15) is 9.18 Å². The summed E-state index contributed by atoms with van der Waals surface area (Å²) in [4.78, 5) is 20.6. The van der Waals surface area contributed by atoms with Gasteiger partial charge in [0.15, 0.2) is 0 Å². The molecule has 6 nitrogen and oxygen atoms in total. The monoisotopic (exact) mass is 342 g/mol. The molecule has 0 radical (unpaired) electrons. The summed E-state index contributed by atoms with van der Waals surface area (Å²) < 4.78 is 19.9. The van der Waals surface area contributed by atoms with Crippen molar-refractivity contribution in [3.8, 4) is 0 Å². The Bertz CT molecular complexity index is 771. The molecule has 1 aliphatic heterocycles. The Labute approximate surface area is 144 Å². The maximum atomic E-state index is 14.3. The third kappa shape index (κ3) is 3.67. The lowest BCUT2D eigenvalue weighted by Crippen LogP contribution is -2.33. The van der Waals surface area contributed by atoms with Gasteiger partial charge in [-0.2, -0.15) is 0 Å². The van der Waals surface area contributed by atoms with Crippen LogP contribution in [-0.4, -0.2) is 35.6 Å². The highest BCUT2D eigenvalue weighted by Crippen LogP contribution is 2.38. The molecule has 2 heterocycles. The first kappa shape index (κ1) is 16.1. The number of nitrogens with zero attached hydrogens (tertiary/aromatic N) is 2. The average Bonchev–Trinajstić information content (AvgIpc) is 3.49. The second-order valence-electron chi connectivity index (χ2n) is 6.36. The highest BCUT2D eigenvalue weighted by Gasteiger charge is 2.25. The van der Waals surface area contributed by atoms with Crippen LogP contribution in [0.5, 0.6) is 0 Å². The number of ether oxygens (including phenoxy) is 1. The Balaban J connectivity index is 1.45. The van der Waals surface area contributed by atoms with Crippen molar-refractivity contribution in [1.82, 2.24) is 15.3 Å². The summed E-state index contributed by atoms with van der Waals surface area (Å²) >= 11 is 0. The summed E-state index contributed by atoms with van der Waals surface area (Å²) in [6.45, 7) is 2.04. The minimum absolute atomic E-state index is 0.116. The molecule has 2 fully saturated rings. The lowest BCUT2D eigenvalue weighted by Gasteiger charge is -2.24. The van der Waals surface area contributed by atoms with Crippen LogP contribution in [0.15, 0.2) is 30.6 Å². The van der Waals surface area contributed by atoms with E-state index in [1.165, 1.54) is 12.3 Å². The standard InChI is InChI=1S/C18H19FN4O2/c19-13-7-12(17-10-20-5-6-25-17)3-4-14(13)23-18(24)16-9-21-15(8-22-16)11-1-2-11/h3-4,7-9,11,17,20H,1-2,5-6,10H2,(H,23,24)/t17-/m1/s1. The van der Waals surface area contributed by atoms with Gasteiger partial charge in [0.25, 0.3) is 5.91 Å². The van der Waals surface area contributed by atoms with E-state index >= 15 is 0 Å². The smallest absolute Gasteiger partial charge is 0.275 e. The number of anilines is 1. The number of carbonyl (C=O) groups is 1. The maximum absolute atomic E-state index is 14.3. The van der Waals surface area contributed by atoms with E-state index in [0.29, 0.717) is 19.1 Å². The van der Waals surface area contributed by atoms with Crippen LogP contribution in [0.25, 0.3) is 0 Å². The van der Waals surface area contributed by atoms with Crippen LogP contribution < -0.4 is 10.6 Å². The van der Waals surface area contributed by atoms with Crippen LogP contribution >= 0.6 is 0 Å². The minimum atomic E-state index is -0.498. The Hall–Kier alpha value is -2.38. The average molecular weight is 342 g/mol. The van der Waals surface area contributed by atoms with Crippen molar-refractivity contribution in [2.24, 2.45) is 0 Å². The Morgan fingerprint density at radius 3 is 2.80 bits per heavy atom. The maximum Gasteiger partial charge on any atom is 0.275 e. The number of nitrogens with one attached hydrogen (secondary N) is 2. The van der Waals surface area contributed by atoms with Gasteiger partial charge in [-0.1, -0.05) is 6.07 Å². The van der Waals surface area contributed by atoms with Gasteiger partial charge in [-0.25, -0.2) is 9.37 Å². The van der Waals surface area contributed by atoms with Gasteiger partial charge >= 0.3 is 0 Å². The molecule has 25 heavy (non-hydrogen) atoms. The molecule has 130 valence electrons. The Kier molecular flexibility index (Phi) is 4.42. The zero-order chi connectivity index (χ0) is 17.2. The molecule has 4 rings (SSSR count). The molecule has 1 aromatic heterocycles. The second-order valence-corrected chi connectivity index (χ2v) is 6.36. The van der Waals surface area contributed by atoms with Crippen molar-refractivity contribution < 1.29 is 13.9 Å². The zero-order valence-corrected chi connectivity index (χ0v) is 13.7. The van der Waals surface area contributed by atoms with Crippen LogP contribution in [0.1, 0.15) is 46.6 Å². The van der Waals surface area contributed by atoms with Crippen molar-refractivity contribution in [2.45, 2.75) is 24.9 Å². The van der Waals surface area contributed by atoms with E-state index in [4.69, 9.17) is 4.74 Å². The summed E-state index contributed by atoms with van der Waals surface area (Å²) in [7, 11) is 0. The molecule has 1 aromatic carbocycles. The Morgan fingerprint density at radius 1 is 1.28 bits per heavy atom. The zero-order valence-electron chi connectivity index (χ0n) is 13.7. The van der Waals surface area contributed by atoms with E-state index in [-0.39, 0.29) is 17.5 Å². The summed E-state index contributed by atoms with van der Waals surface area (Å²) in [5.41, 5.74) is 1.95. The van der Waals surface area contributed by atoms with Gasteiger partial charge in [-0.15, -0.1) is 0 Å². The molecular formula is C18H19FN4O2. The summed E-state index contributed by atoms with van der Waals surface area (Å²) in [6, 6.07) is 4.71. The highest BCUT2D eigenvalue weighted by atomic mass is 19.1. The van der Waals surface area contributed by atoms with Crippen LogP contribution in [0, 0.1) is 5.82 Å². The van der Waals surface area contributed by atoms with E-state index in [2.05, 4.69) is 20.6 Å². The first-order chi connectivity index (χ1) is 12.2. The molecular weight excluding hydrogens is 323 g/mol. The predicted molar refractivity (Wildman–Crippen MR) is 89.9 cm³/mol. The van der Waals surface area contributed by atoms with Gasteiger partial charge in [-0.05, 0) is 30.5 Å². The molecule has 0 bridgehead atoms. The number of morpholine rings is 1. The number of carbonyl (C=O) groups excluding carboxylic acids is 1. The fourth-order valence-corrected chi connectivity index (χ4v) is 2.84. The van der Waals surface area contributed by atoms with Crippen molar-refractivity contribution in [1.29, 1.82) is 0 Å². The van der Waals surface area contributed by atoms with Crippen LogP contribution in [0.3, 0.4) is 0 Å². The van der Waals surface area contributed by atoms with Gasteiger partial charge in [-0.3, -0.25) is 9.78 Å². The largest absolute Gasteiger partial charge is 0.371 e. The molecule has 1 saturated carbocycles. The lowest BCUT2D eigenvalue weighted by molar-refractivity contribution is 0.0275. The number of hydrogen-bond acceptors (Lipinski definition) is 5. The van der Waals surface area contributed by atoms with Crippen molar-refractivity contribution in [3.63, 3.8) is 0 Å². The number of amides is 1. The molecule has 2 aromatic rings. The van der Waals surface area contributed by atoms with Gasteiger partial charge in [0.1, 0.15) is 11.5 Å². The lowest BCUT2D eigenvalue weighted by atomic mass is 10.1. The summed E-state index contributed by atoms with van der Waals surface area (Å²) in [5.74, 6) is -0.495. The first-order valence-corrected chi connectivity index (χ1v) is 8.46. The molecule has 1 amide bonds. The second kappa shape index (κ2) is 6.85. The number of rotatable bonds is 4. The molecule has 7 heteroatoms. The first-order valence-electron chi connectivity index (χ1n) is 8.46. The van der Waals surface area contributed by atoms with Gasteiger partial charge in [0.2, 0.25) is 0 Å². The normalized spacial score (nSPS) is 20.3. The van der Waals surface area contributed by atoms with Crippen molar-refractivity contribution >= 4 is 11.6 Å². The number of benzene rings is 1. The third-order valence-corrected chi connectivity index (χ3v) is 4.44. The van der Waals surface area contributed by atoms with E-state index in [1.54, 1.807) is 18.3 Å². The van der Waals surface area contributed by atoms with Gasteiger partial charge in [0.05, 0.1) is 30.3 Å². The van der Waals surface area contributed by atoms with Gasteiger partial charge in [0, 0.05) is 25.2 Å². The molecule has 0 unspecified atom stereocenters. The van der Waals surface area contributed by atoms with E-state index in [1.807, 2.05) is 0 Å². The van der Waals surface area contributed by atoms with Crippen LogP contribution in [0.4, 0.5) is 10.1 Å². The van der Waals surface area contributed by atoms with Crippen LogP contribution in [-0.2, 0) is 4.74 Å². The third-order valence-electron chi connectivity index (χ3n) is 4.44. The topological polar surface area (TPSA) is 76.1 Å². The Morgan fingerprint density at radius 2 is 2.16 bits per heavy atom. The van der Waals surface area contributed by atoms with Crippen LogP contribution in [0.2, 0.25) is 0 Å². The quantitative estimate of drug-likeness (QED) is 0.892. The molecule has 1 saturated heterocycles. The highest BCUT2D eigenvalue weighted by molar-refractivity contribution is 6.02. The SMILES string of the molecule is O=C(Nc1ccc([C@H]2CNCCO2)cc1F)c1cnc(C2CC2)cn1. The predicted octanol–water partition coefficient (Wildman–Crippen LogP) is 2.41. The number of halogens is 1. The fourth-order valence-electron chi connectivity index (χ4n) is 2.84. The number of aromatic nitrogens is 2. The van der Waals surface area contributed by atoms with Gasteiger partial charge < -0.3 is 15.4 Å².